The number of pyridine rings is 1. The maximum atomic E-state index is 13.3. The van der Waals surface area contributed by atoms with Crippen molar-refractivity contribution in [2.24, 2.45) is 11.7 Å². The van der Waals surface area contributed by atoms with Crippen LogP contribution in [0.1, 0.15) is 74.4 Å². The molecular formula is C33H44BrClN6O2. The van der Waals surface area contributed by atoms with Crippen LogP contribution in [0.2, 0.25) is 5.02 Å². The highest BCUT2D eigenvalue weighted by Crippen LogP contribution is 2.41. The zero-order valence-electron chi connectivity index (χ0n) is 25.4. The number of aryl methyl sites for hydroxylation is 2. The van der Waals surface area contributed by atoms with Gasteiger partial charge in [0.15, 0.2) is 0 Å². The second kappa shape index (κ2) is 12.7. The summed E-state index contributed by atoms with van der Waals surface area (Å²) >= 11 is 10.1. The van der Waals surface area contributed by atoms with Crippen molar-refractivity contribution in [3.63, 3.8) is 0 Å². The molecule has 2 aromatic rings. The fourth-order valence-corrected chi connectivity index (χ4v) is 8.48. The summed E-state index contributed by atoms with van der Waals surface area (Å²) in [6.45, 7) is 10.5. The maximum absolute atomic E-state index is 13.3. The molecule has 43 heavy (non-hydrogen) atoms. The lowest BCUT2D eigenvalue weighted by atomic mass is 9.84. The number of primary amides is 1. The number of carbonyl (C=O) groups excluding carboxylic acids is 2. The fraction of sp³-hybridized carbons (Fsp3) is 0.606. The van der Waals surface area contributed by atoms with Crippen LogP contribution in [0.15, 0.2) is 34.9 Å². The number of benzene rings is 1. The number of carbonyl (C=O) groups is 2. The van der Waals surface area contributed by atoms with Crippen LogP contribution in [0.3, 0.4) is 0 Å². The fourth-order valence-electron chi connectivity index (χ4n) is 7.90. The Balaban J connectivity index is 1.09. The van der Waals surface area contributed by atoms with Gasteiger partial charge < -0.3 is 15.5 Å². The van der Waals surface area contributed by atoms with Gasteiger partial charge in [-0.25, -0.2) is 4.79 Å². The van der Waals surface area contributed by atoms with Gasteiger partial charge in [-0.1, -0.05) is 17.7 Å². The SMILES string of the molecule is CC1CN(C2(C)CCN(C3c4ccc(Cl)cc4CCc4cc(Br)cnc43)CC2)CCN1C(=O)CC1CCN(C(N)=O)CC1. The molecule has 3 fully saturated rings. The molecule has 2 N–H and O–H groups in total. The zero-order chi connectivity index (χ0) is 30.3. The van der Waals surface area contributed by atoms with E-state index in [1.807, 2.05) is 12.3 Å². The number of rotatable bonds is 4. The highest BCUT2D eigenvalue weighted by molar-refractivity contribution is 9.10. The van der Waals surface area contributed by atoms with Gasteiger partial charge in [-0.2, -0.15) is 0 Å². The third kappa shape index (κ3) is 6.46. The molecule has 0 radical (unpaired) electrons. The molecule has 4 heterocycles. The number of fused-ring (bicyclic) bond motifs is 2. The number of urea groups is 1. The maximum Gasteiger partial charge on any atom is 0.314 e. The number of nitrogens with zero attached hydrogens (tertiary/aromatic N) is 5. The van der Waals surface area contributed by atoms with E-state index in [0.29, 0.717) is 25.4 Å². The van der Waals surface area contributed by atoms with Crippen molar-refractivity contribution >= 4 is 39.5 Å². The minimum absolute atomic E-state index is 0.102. The minimum atomic E-state index is -0.354. The highest BCUT2D eigenvalue weighted by atomic mass is 79.9. The van der Waals surface area contributed by atoms with E-state index in [9.17, 15) is 9.59 Å². The molecule has 8 nitrogen and oxygen atoms in total. The Morgan fingerprint density at radius 3 is 2.47 bits per heavy atom. The Kier molecular flexibility index (Phi) is 9.07. The van der Waals surface area contributed by atoms with E-state index in [1.165, 1.54) is 22.4 Å². The van der Waals surface area contributed by atoms with Gasteiger partial charge in [0.2, 0.25) is 5.91 Å². The standard InChI is InChI=1S/C33H44BrClN6O2/c1-22-21-40(15-16-41(22)29(42)17-23-7-11-39(12-8-23)32(36)43)33(2)9-13-38(14-10-33)31-28-6-5-27(35)19-24(28)3-4-25-18-26(34)20-37-30(25)31/h5-6,18-20,22-23,31H,3-4,7-17,21H2,1-2H3,(H2,36,43). The van der Waals surface area contributed by atoms with E-state index in [4.69, 9.17) is 22.3 Å². The van der Waals surface area contributed by atoms with Gasteiger partial charge in [0.1, 0.15) is 0 Å². The van der Waals surface area contributed by atoms with Gasteiger partial charge in [-0.05, 0) is 109 Å². The van der Waals surface area contributed by atoms with Crippen LogP contribution in [-0.4, -0.2) is 93.9 Å². The summed E-state index contributed by atoms with van der Waals surface area (Å²) in [7, 11) is 0. The lowest BCUT2D eigenvalue weighted by Gasteiger charge is -2.52. The van der Waals surface area contributed by atoms with Crippen molar-refractivity contribution in [1.29, 1.82) is 0 Å². The topological polar surface area (TPSA) is 86.0 Å². The number of aromatic nitrogens is 1. The molecule has 10 heteroatoms. The first kappa shape index (κ1) is 30.8. The van der Waals surface area contributed by atoms with Crippen LogP contribution in [0.4, 0.5) is 4.79 Å². The summed E-state index contributed by atoms with van der Waals surface area (Å²) in [4.78, 5) is 38.8. The Morgan fingerprint density at radius 2 is 1.77 bits per heavy atom. The molecule has 4 aliphatic rings. The van der Waals surface area contributed by atoms with Crippen molar-refractivity contribution in [1.82, 2.24) is 24.6 Å². The van der Waals surface area contributed by atoms with E-state index in [0.717, 1.165) is 80.7 Å². The molecule has 0 saturated carbocycles. The summed E-state index contributed by atoms with van der Waals surface area (Å²) in [5.74, 6) is 0.593. The predicted molar refractivity (Wildman–Crippen MR) is 173 cm³/mol. The summed E-state index contributed by atoms with van der Waals surface area (Å²) in [5, 5.41) is 0.795. The average Bonchev–Trinajstić information content (AvgIpc) is 3.14. The molecule has 6 rings (SSSR count). The molecule has 1 aromatic carbocycles. The zero-order valence-corrected chi connectivity index (χ0v) is 27.7. The van der Waals surface area contributed by atoms with E-state index >= 15 is 0 Å². The molecule has 2 unspecified atom stereocenters. The Morgan fingerprint density at radius 1 is 1.05 bits per heavy atom. The number of piperazine rings is 1. The summed E-state index contributed by atoms with van der Waals surface area (Å²) in [5.41, 5.74) is 10.7. The normalized spacial score (nSPS) is 25.1. The van der Waals surface area contributed by atoms with Crippen molar-refractivity contribution in [2.45, 2.75) is 76.4 Å². The Hall–Kier alpha value is -2.20. The lowest BCUT2D eigenvalue weighted by Crippen LogP contribution is -2.62. The van der Waals surface area contributed by atoms with Crippen molar-refractivity contribution in [2.75, 3.05) is 45.8 Å². The largest absolute Gasteiger partial charge is 0.351 e. The molecule has 232 valence electrons. The molecule has 3 amide bonds. The Bertz CT molecular complexity index is 1300. The number of amides is 3. The van der Waals surface area contributed by atoms with Crippen LogP contribution in [0, 0.1) is 5.92 Å². The van der Waals surface area contributed by atoms with E-state index in [-0.39, 0.29) is 29.6 Å². The lowest BCUT2D eigenvalue weighted by molar-refractivity contribution is -0.139. The predicted octanol–water partition coefficient (Wildman–Crippen LogP) is 5.25. The Labute approximate surface area is 269 Å². The smallest absolute Gasteiger partial charge is 0.314 e. The van der Waals surface area contributed by atoms with Crippen molar-refractivity contribution in [3.05, 3.63) is 62.3 Å². The number of halogens is 2. The second-order valence-electron chi connectivity index (χ2n) is 13.3. The quantitative estimate of drug-likeness (QED) is 0.480. The molecule has 3 aliphatic heterocycles. The van der Waals surface area contributed by atoms with Gasteiger partial charge >= 0.3 is 6.03 Å². The summed E-state index contributed by atoms with van der Waals surface area (Å²) in [6, 6.07) is 8.59. The first-order chi connectivity index (χ1) is 20.6. The van der Waals surface area contributed by atoms with Crippen LogP contribution in [0.25, 0.3) is 0 Å². The van der Waals surface area contributed by atoms with E-state index in [2.05, 4.69) is 62.7 Å². The minimum Gasteiger partial charge on any atom is -0.351 e. The van der Waals surface area contributed by atoms with Gasteiger partial charge in [0, 0.05) is 79.5 Å². The molecule has 3 saturated heterocycles. The van der Waals surface area contributed by atoms with Crippen molar-refractivity contribution < 1.29 is 9.59 Å². The highest BCUT2D eigenvalue weighted by Gasteiger charge is 2.42. The number of hydrogen-bond donors (Lipinski definition) is 1. The van der Waals surface area contributed by atoms with Crippen LogP contribution >= 0.6 is 27.5 Å². The summed E-state index contributed by atoms with van der Waals surface area (Å²) in [6.07, 6.45) is 8.31. The third-order valence-electron chi connectivity index (χ3n) is 10.6. The molecule has 2 atom stereocenters. The molecule has 0 spiro atoms. The first-order valence-corrected chi connectivity index (χ1v) is 17.0. The van der Waals surface area contributed by atoms with E-state index in [1.54, 1.807) is 4.90 Å². The number of likely N-dealkylation sites (tertiary alicyclic amines) is 2. The third-order valence-corrected chi connectivity index (χ3v) is 11.3. The molecule has 1 aromatic heterocycles. The van der Waals surface area contributed by atoms with Crippen LogP contribution < -0.4 is 5.73 Å². The van der Waals surface area contributed by atoms with Crippen LogP contribution in [-0.2, 0) is 17.6 Å². The van der Waals surface area contributed by atoms with Gasteiger partial charge in [0.25, 0.3) is 0 Å². The average molecular weight is 672 g/mol. The van der Waals surface area contributed by atoms with Crippen LogP contribution in [0.5, 0.6) is 0 Å². The monoisotopic (exact) mass is 670 g/mol. The van der Waals surface area contributed by atoms with Gasteiger partial charge in [0.05, 0.1) is 11.7 Å². The number of nitrogens with two attached hydrogens (primary N) is 1. The van der Waals surface area contributed by atoms with Gasteiger partial charge in [-0.15, -0.1) is 0 Å². The second-order valence-corrected chi connectivity index (χ2v) is 14.7. The first-order valence-electron chi connectivity index (χ1n) is 15.9. The van der Waals surface area contributed by atoms with E-state index < -0.39 is 0 Å². The molecule has 1 aliphatic carbocycles. The molecule has 0 bridgehead atoms. The van der Waals surface area contributed by atoms with Gasteiger partial charge in [-0.3, -0.25) is 19.6 Å². The summed E-state index contributed by atoms with van der Waals surface area (Å²) < 4.78 is 1.03. The number of hydrogen-bond acceptors (Lipinski definition) is 5. The molecular weight excluding hydrogens is 628 g/mol. The number of piperidine rings is 2. The van der Waals surface area contributed by atoms with Crippen molar-refractivity contribution in [3.8, 4) is 0 Å².